The molecule has 0 amide bonds. The number of hydrogen-bond acceptors (Lipinski definition) is 2. The first kappa shape index (κ1) is 9.97. The molecule has 1 unspecified atom stereocenters. The summed E-state index contributed by atoms with van der Waals surface area (Å²) in [6.45, 7) is 0. The average molecular weight is 199 g/mol. The Labute approximate surface area is 80.9 Å². The van der Waals surface area contributed by atoms with Crippen LogP contribution in [-0.4, -0.2) is 7.05 Å². The standard InChI is InChI=1S/C9H8ClFN2/c1-13-9(5-12)6-2-3-7(10)8(11)4-6/h2-4,9,13H,1H3. The topological polar surface area (TPSA) is 35.8 Å². The summed E-state index contributed by atoms with van der Waals surface area (Å²) in [5.41, 5.74) is 0.576. The number of nitrogens with one attached hydrogen (secondary N) is 1. The molecule has 0 spiro atoms. The first-order chi connectivity index (χ1) is 6.19. The third-order valence-electron chi connectivity index (χ3n) is 1.69. The minimum absolute atomic E-state index is 0.0662. The smallest absolute Gasteiger partial charge is 0.142 e. The highest BCUT2D eigenvalue weighted by Crippen LogP contribution is 2.19. The van der Waals surface area contributed by atoms with Gasteiger partial charge < -0.3 is 5.32 Å². The van der Waals surface area contributed by atoms with Gasteiger partial charge >= 0.3 is 0 Å². The maximum absolute atomic E-state index is 12.9. The monoisotopic (exact) mass is 198 g/mol. The normalized spacial score (nSPS) is 12.2. The van der Waals surface area contributed by atoms with E-state index in [-0.39, 0.29) is 5.02 Å². The van der Waals surface area contributed by atoms with E-state index in [1.807, 2.05) is 6.07 Å². The van der Waals surface area contributed by atoms with E-state index in [0.717, 1.165) is 0 Å². The maximum Gasteiger partial charge on any atom is 0.142 e. The van der Waals surface area contributed by atoms with Crippen molar-refractivity contribution in [1.82, 2.24) is 5.32 Å². The highest BCUT2D eigenvalue weighted by atomic mass is 35.5. The molecule has 1 atom stereocenters. The van der Waals surface area contributed by atoms with E-state index in [2.05, 4.69) is 5.32 Å². The summed E-state index contributed by atoms with van der Waals surface area (Å²) >= 11 is 5.49. The molecule has 68 valence electrons. The fraction of sp³-hybridized carbons (Fsp3) is 0.222. The van der Waals surface area contributed by atoms with Crippen molar-refractivity contribution >= 4 is 11.6 Å². The van der Waals surface area contributed by atoms with Crippen molar-refractivity contribution in [1.29, 1.82) is 5.26 Å². The molecule has 0 aliphatic rings. The molecule has 0 heterocycles. The number of rotatable bonds is 2. The quantitative estimate of drug-likeness (QED) is 0.792. The lowest BCUT2D eigenvalue weighted by Gasteiger charge is -2.07. The second-order valence-electron chi connectivity index (χ2n) is 2.52. The molecule has 1 aromatic rings. The fourth-order valence-electron chi connectivity index (χ4n) is 0.998. The van der Waals surface area contributed by atoms with Crippen molar-refractivity contribution in [3.8, 4) is 6.07 Å². The van der Waals surface area contributed by atoms with Crippen molar-refractivity contribution in [2.45, 2.75) is 6.04 Å². The van der Waals surface area contributed by atoms with Gasteiger partial charge in [0.2, 0.25) is 0 Å². The lowest BCUT2D eigenvalue weighted by Crippen LogP contribution is -2.14. The van der Waals surface area contributed by atoms with Gasteiger partial charge in [-0.2, -0.15) is 5.26 Å². The van der Waals surface area contributed by atoms with Crippen molar-refractivity contribution < 1.29 is 4.39 Å². The molecule has 13 heavy (non-hydrogen) atoms. The molecule has 0 fully saturated rings. The molecule has 2 nitrogen and oxygen atoms in total. The van der Waals surface area contributed by atoms with Crippen LogP contribution in [0.4, 0.5) is 4.39 Å². The van der Waals surface area contributed by atoms with Gasteiger partial charge in [-0.25, -0.2) is 4.39 Å². The molecule has 0 aliphatic heterocycles. The number of hydrogen-bond donors (Lipinski definition) is 1. The molecule has 1 N–H and O–H groups in total. The Hall–Kier alpha value is -1.11. The predicted molar refractivity (Wildman–Crippen MR) is 48.8 cm³/mol. The minimum atomic E-state index is -0.505. The lowest BCUT2D eigenvalue weighted by atomic mass is 10.1. The Bertz CT molecular complexity index is 346. The van der Waals surface area contributed by atoms with Gasteiger partial charge in [0.15, 0.2) is 0 Å². The molecular formula is C9H8ClFN2. The van der Waals surface area contributed by atoms with Crippen LogP contribution in [0.3, 0.4) is 0 Å². The highest BCUT2D eigenvalue weighted by Gasteiger charge is 2.09. The van der Waals surface area contributed by atoms with E-state index < -0.39 is 11.9 Å². The van der Waals surface area contributed by atoms with Gasteiger partial charge in [0.05, 0.1) is 11.1 Å². The third kappa shape index (κ3) is 2.18. The van der Waals surface area contributed by atoms with Gasteiger partial charge in [-0.3, -0.25) is 0 Å². The first-order valence-electron chi connectivity index (χ1n) is 3.71. The zero-order valence-electron chi connectivity index (χ0n) is 7.01. The zero-order valence-corrected chi connectivity index (χ0v) is 7.77. The zero-order chi connectivity index (χ0) is 9.84. The van der Waals surface area contributed by atoms with Crippen LogP contribution in [-0.2, 0) is 0 Å². The minimum Gasteiger partial charge on any atom is -0.301 e. The van der Waals surface area contributed by atoms with Gasteiger partial charge in [0.1, 0.15) is 11.9 Å². The van der Waals surface area contributed by atoms with E-state index in [0.29, 0.717) is 5.56 Å². The molecule has 0 saturated heterocycles. The highest BCUT2D eigenvalue weighted by molar-refractivity contribution is 6.30. The van der Waals surface area contributed by atoms with Crippen LogP contribution in [0.1, 0.15) is 11.6 Å². The average Bonchev–Trinajstić information content (AvgIpc) is 2.13. The van der Waals surface area contributed by atoms with Gasteiger partial charge in [-0.1, -0.05) is 17.7 Å². The van der Waals surface area contributed by atoms with E-state index >= 15 is 0 Å². The summed E-state index contributed by atoms with van der Waals surface area (Å²) < 4.78 is 12.9. The van der Waals surface area contributed by atoms with Crippen molar-refractivity contribution in [2.75, 3.05) is 7.05 Å². The van der Waals surface area contributed by atoms with Gasteiger partial charge in [-0.05, 0) is 24.7 Å². The summed E-state index contributed by atoms with van der Waals surface area (Å²) in [6, 6.07) is 5.82. The second-order valence-corrected chi connectivity index (χ2v) is 2.93. The van der Waals surface area contributed by atoms with E-state index in [4.69, 9.17) is 16.9 Å². The fourth-order valence-corrected chi connectivity index (χ4v) is 1.12. The van der Waals surface area contributed by atoms with Crippen molar-refractivity contribution in [3.63, 3.8) is 0 Å². The van der Waals surface area contributed by atoms with E-state index in [9.17, 15) is 4.39 Å². The van der Waals surface area contributed by atoms with Crippen LogP contribution >= 0.6 is 11.6 Å². The van der Waals surface area contributed by atoms with Crippen molar-refractivity contribution in [3.05, 3.63) is 34.6 Å². The first-order valence-corrected chi connectivity index (χ1v) is 4.08. The maximum atomic E-state index is 12.9. The number of halogens is 2. The molecule has 0 aromatic heterocycles. The molecule has 0 aliphatic carbocycles. The third-order valence-corrected chi connectivity index (χ3v) is 2.00. The van der Waals surface area contributed by atoms with E-state index in [1.165, 1.54) is 12.1 Å². The number of nitriles is 1. The molecular weight excluding hydrogens is 191 g/mol. The van der Waals surface area contributed by atoms with Crippen LogP contribution in [0.15, 0.2) is 18.2 Å². The van der Waals surface area contributed by atoms with Crippen LogP contribution < -0.4 is 5.32 Å². The Morgan fingerprint density at radius 2 is 2.31 bits per heavy atom. The number of nitrogens with zero attached hydrogens (tertiary/aromatic N) is 1. The molecule has 1 aromatic carbocycles. The van der Waals surface area contributed by atoms with Crippen LogP contribution in [0.25, 0.3) is 0 Å². The number of benzene rings is 1. The van der Waals surface area contributed by atoms with E-state index in [1.54, 1.807) is 13.1 Å². The Balaban J connectivity index is 3.04. The van der Waals surface area contributed by atoms with Gasteiger partial charge in [0.25, 0.3) is 0 Å². The Kier molecular flexibility index (Phi) is 3.24. The van der Waals surface area contributed by atoms with Gasteiger partial charge in [-0.15, -0.1) is 0 Å². The summed E-state index contributed by atoms with van der Waals surface area (Å²) in [7, 11) is 1.64. The Morgan fingerprint density at radius 1 is 1.62 bits per heavy atom. The Morgan fingerprint density at radius 3 is 2.77 bits per heavy atom. The molecule has 4 heteroatoms. The largest absolute Gasteiger partial charge is 0.301 e. The molecule has 0 radical (unpaired) electrons. The second kappa shape index (κ2) is 4.22. The SMILES string of the molecule is CNC(C#N)c1ccc(Cl)c(F)c1. The summed E-state index contributed by atoms with van der Waals surface area (Å²) in [4.78, 5) is 0. The summed E-state index contributed by atoms with van der Waals surface area (Å²) in [5, 5.41) is 11.5. The predicted octanol–water partition coefficient (Wildman–Crippen LogP) is 2.26. The summed E-state index contributed by atoms with van der Waals surface area (Å²) in [6.07, 6.45) is 0. The van der Waals surface area contributed by atoms with Crippen molar-refractivity contribution in [2.24, 2.45) is 0 Å². The molecule has 0 bridgehead atoms. The molecule has 0 saturated carbocycles. The summed E-state index contributed by atoms with van der Waals surface area (Å²) in [5.74, 6) is -0.505. The van der Waals surface area contributed by atoms with Gasteiger partial charge in [0, 0.05) is 0 Å². The lowest BCUT2D eigenvalue weighted by molar-refractivity contribution is 0.620. The molecule has 1 rings (SSSR count). The van der Waals surface area contributed by atoms with Crippen LogP contribution in [0.2, 0.25) is 5.02 Å². The van der Waals surface area contributed by atoms with Crippen LogP contribution in [0.5, 0.6) is 0 Å². The van der Waals surface area contributed by atoms with Crippen LogP contribution in [0, 0.1) is 17.1 Å².